The van der Waals surface area contributed by atoms with E-state index in [9.17, 15) is 8.42 Å². The number of rotatable bonds is 4. The first-order chi connectivity index (χ1) is 6.47. The Bertz CT molecular complexity index is 409. The zero-order valence-electron chi connectivity index (χ0n) is 8.19. The number of nitrogens with zero attached hydrogens (tertiary/aromatic N) is 2. The lowest BCUT2D eigenvalue weighted by Gasteiger charge is -2.02. The average Bonchev–Trinajstić information content (AvgIpc) is 2.42. The molecule has 0 aliphatic carbocycles. The van der Waals surface area contributed by atoms with Crippen molar-refractivity contribution in [1.82, 2.24) is 14.5 Å². The quantitative estimate of drug-likeness (QED) is 0.725. The van der Waals surface area contributed by atoms with Gasteiger partial charge in [0.05, 0.1) is 0 Å². The Labute approximate surface area is 83.1 Å². The van der Waals surface area contributed by atoms with Gasteiger partial charge < -0.3 is 5.73 Å². The largest absolute Gasteiger partial charge is 0.381 e. The van der Waals surface area contributed by atoms with Gasteiger partial charge in [0.2, 0.25) is 10.0 Å². The highest BCUT2D eigenvalue weighted by molar-refractivity contribution is 7.89. The highest BCUT2D eigenvalue weighted by atomic mass is 32.2. The summed E-state index contributed by atoms with van der Waals surface area (Å²) >= 11 is 0. The summed E-state index contributed by atoms with van der Waals surface area (Å²) in [6, 6.07) is 0. The molecule has 7 heteroatoms. The SMILES string of the molecule is CCCNS(=O)(=O)c1cn(C)nc1N. The van der Waals surface area contributed by atoms with Gasteiger partial charge in [0.1, 0.15) is 4.90 Å². The molecular formula is C7H14N4O2S. The van der Waals surface area contributed by atoms with Crippen LogP contribution in [-0.4, -0.2) is 24.7 Å². The van der Waals surface area contributed by atoms with Crippen LogP contribution in [0.5, 0.6) is 0 Å². The van der Waals surface area contributed by atoms with Gasteiger partial charge in [-0.25, -0.2) is 13.1 Å². The van der Waals surface area contributed by atoms with Crippen LogP contribution < -0.4 is 10.5 Å². The maximum absolute atomic E-state index is 11.6. The minimum Gasteiger partial charge on any atom is -0.381 e. The lowest BCUT2D eigenvalue weighted by atomic mass is 10.5. The molecule has 0 unspecified atom stereocenters. The summed E-state index contributed by atoms with van der Waals surface area (Å²) in [6.45, 7) is 2.28. The van der Waals surface area contributed by atoms with Gasteiger partial charge in [-0.15, -0.1) is 0 Å². The third-order valence-electron chi connectivity index (χ3n) is 1.65. The van der Waals surface area contributed by atoms with Gasteiger partial charge in [-0.05, 0) is 6.42 Å². The number of hydrogen-bond acceptors (Lipinski definition) is 4. The molecule has 80 valence electrons. The number of nitrogen functional groups attached to an aromatic ring is 1. The summed E-state index contributed by atoms with van der Waals surface area (Å²) in [4.78, 5) is 0.0356. The normalized spacial score (nSPS) is 11.9. The van der Waals surface area contributed by atoms with Crippen LogP contribution in [0, 0.1) is 0 Å². The Morgan fingerprint density at radius 2 is 2.29 bits per heavy atom. The first-order valence-electron chi connectivity index (χ1n) is 4.26. The number of anilines is 1. The van der Waals surface area contributed by atoms with Crippen LogP contribution in [0.2, 0.25) is 0 Å². The molecule has 1 aromatic heterocycles. The van der Waals surface area contributed by atoms with Crippen LogP contribution in [0.25, 0.3) is 0 Å². The van der Waals surface area contributed by atoms with E-state index < -0.39 is 10.0 Å². The molecule has 0 saturated carbocycles. The predicted octanol–water partition coefficient (Wildman–Crippen LogP) is -0.309. The fourth-order valence-electron chi connectivity index (χ4n) is 1.01. The van der Waals surface area contributed by atoms with Crippen molar-refractivity contribution in [2.75, 3.05) is 12.3 Å². The second-order valence-corrected chi connectivity index (χ2v) is 4.69. The van der Waals surface area contributed by atoms with Gasteiger partial charge in [-0.1, -0.05) is 6.92 Å². The van der Waals surface area contributed by atoms with Crippen LogP contribution in [0.15, 0.2) is 11.1 Å². The second-order valence-electron chi connectivity index (χ2n) is 2.95. The van der Waals surface area contributed by atoms with E-state index in [-0.39, 0.29) is 10.7 Å². The van der Waals surface area contributed by atoms with E-state index in [4.69, 9.17) is 5.73 Å². The molecule has 0 spiro atoms. The molecule has 0 saturated heterocycles. The van der Waals surface area contributed by atoms with Crippen LogP contribution in [0.4, 0.5) is 5.82 Å². The summed E-state index contributed by atoms with van der Waals surface area (Å²) in [7, 11) is -1.87. The van der Waals surface area contributed by atoms with Gasteiger partial charge in [-0.3, -0.25) is 4.68 Å². The topological polar surface area (TPSA) is 90.0 Å². The van der Waals surface area contributed by atoms with E-state index in [2.05, 4.69) is 9.82 Å². The summed E-state index contributed by atoms with van der Waals surface area (Å²) in [6.07, 6.45) is 2.12. The maximum Gasteiger partial charge on any atom is 0.245 e. The van der Waals surface area contributed by atoms with Crippen molar-refractivity contribution in [3.05, 3.63) is 6.20 Å². The smallest absolute Gasteiger partial charge is 0.245 e. The molecule has 0 radical (unpaired) electrons. The van der Waals surface area contributed by atoms with Gasteiger partial charge in [0, 0.05) is 19.8 Å². The Morgan fingerprint density at radius 1 is 1.64 bits per heavy atom. The van der Waals surface area contributed by atoms with Crippen molar-refractivity contribution in [1.29, 1.82) is 0 Å². The standard InChI is InChI=1S/C7H14N4O2S/c1-3-4-9-14(12,13)6-5-11(2)10-7(6)8/h5,9H,3-4H2,1-2H3,(H2,8,10). The summed E-state index contributed by atoms with van der Waals surface area (Å²) in [5, 5.41) is 3.76. The predicted molar refractivity (Wildman–Crippen MR) is 53.1 cm³/mol. The molecule has 0 bridgehead atoms. The fourth-order valence-corrected chi connectivity index (χ4v) is 2.24. The summed E-state index contributed by atoms with van der Waals surface area (Å²) < 4.78 is 27.0. The molecule has 0 fully saturated rings. The number of sulfonamides is 1. The lowest BCUT2D eigenvalue weighted by Crippen LogP contribution is -2.24. The van der Waals surface area contributed by atoms with Crippen molar-refractivity contribution >= 4 is 15.8 Å². The summed E-state index contributed by atoms with van der Waals surface area (Å²) in [5.41, 5.74) is 5.45. The highest BCUT2D eigenvalue weighted by Crippen LogP contribution is 2.14. The average molecular weight is 218 g/mol. The monoisotopic (exact) mass is 218 g/mol. The third-order valence-corrected chi connectivity index (χ3v) is 3.13. The zero-order valence-corrected chi connectivity index (χ0v) is 9.00. The minimum atomic E-state index is -3.49. The van der Waals surface area contributed by atoms with Crippen molar-refractivity contribution in [2.45, 2.75) is 18.2 Å². The third kappa shape index (κ3) is 2.24. The van der Waals surface area contributed by atoms with Gasteiger partial charge >= 0.3 is 0 Å². The Balaban J connectivity index is 2.98. The molecule has 1 aromatic rings. The molecule has 0 amide bonds. The van der Waals surface area contributed by atoms with E-state index in [0.29, 0.717) is 6.54 Å². The van der Waals surface area contributed by atoms with Gasteiger partial charge in [-0.2, -0.15) is 5.10 Å². The first kappa shape index (κ1) is 11.0. The van der Waals surface area contributed by atoms with Crippen LogP contribution in [0.1, 0.15) is 13.3 Å². The molecule has 0 atom stereocenters. The van der Waals surface area contributed by atoms with E-state index >= 15 is 0 Å². The fraction of sp³-hybridized carbons (Fsp3) is 0.571. The summed E-state index contributed by atoms with van der Waals surface area (Å²) in [5.74, 6) is 0.0242. The molecule has 1 rings (SSSR count). The zero-order chi connectivity index (χ0) is 10.8. The second kappa shape index (κ2) is 3.97. The number of aromatic nitrogens is 2. The van der Waals surface area contributed by atoms with Gasteiger partial charge in [0.25, 0.3) is 0 Å². The lowest BCUT2D eigenvalue weighted by molar-refractivity contribution is 0.581. The van der Waals surface area contributed by atoms with E-state index in [1.54, 1.807) is 7.05 Å². The molecule has 0 aliphatic rings. The van der Waals surface area contributed by atoms with Crippen molar-refractivity contribution < 1.29 is 8.42 Å². The minimum absolute atomic E-state index is 0.0242. The van der Waals surface area contributed by atoms with Gasteiger partial charge in [0.15, 0.2) is 5.82 Å². The van der Waals surface area contributed by atoms with Crippen molar-refractivity contribution in [3.63, 3.8) is 0 Å². The van der Waals surface area contributed by atoms with Crippen molar-refractivity contribution in [3.8, 4) is 0 Å². The highest BCUT2D eigenvalue weighted by Gasteiger charge is 2.19. The number of aryl methyl sites for hydroxylation is 1. The molecule has 0 aromatic carbocycles. The molecular weight excluding hydrogens is 204 g/mol. The number of hydrogen-bond donors (Lipinski definition) is 2. The Kier molecular flexibility index (Phi) is 3.12. The Morgan fingerprint density at radius 3 is 2.71 bits per heavy atom. The maximum atomic E-state index is 11.6. The molecule has 1 heterocycles. The Hall–Kier alpha value is -1.08. The first-order valence-corrected chi connectivity index (χ1v) is 5.74. The van der Waals surface area contributed by atoms with Crippen molar-refractivity contribution in [2.24, 2.45) is 7.05 Å². The van der Waals surface area contributed by atoms with E-state index in [1.807, 2.05) is 6.92 Å². The number of nitrogens with two attached hydrogens (primary N) is 1. The molecule has 14 heavy (non-hydrogen) atoms. The molecule has 6 nitrogen and oxygen atoms in total. The van der Waals surface area contributed by atoms with Crippen LogP contribution in [0.3, 0.4) is 0 Å². The molecule has 0 aliphatic heterocycles. The van der Waals surface area contributed by atoms with E-state index in [0.717, 1.165) is 6.42 Å². The van der Waals surface area contributed by atoms with Crippen LogP contribution in [-0.2, 0) is 17.1 Å². The van der Waals surface area contributed by atoms with Crippen LogP contribution >= 0.6 is 0 Å². The van der Waals surface area contributed by atoms with E-state index in [1.165, 1.54) is 10.9 Å². The molecule has 3 N–H and O–H groups in total. The number of nitrogens with one attached hydrogen (secondary N) is 1.